The van der Waals surface area contributed by atoms with Gasteiger partial charge in [0.1, 0.15) is 0 Å². The molecule has 1 aliphatic heterocycles. The summed E-state index contributed by atoms with van der Waals surface area (Å²) in [6.45, 7) is 3.27. The van der Waals surface area contributed by atoms with E-state index in [0.29, 0.717) is 12.1 Å². The van der Waals surface area contributed by atoms with Gasteiger partial charge in [0.2, 0.25) is 0 Å². The van der Waals surface area contributed by atoms with Crippen molar-refractivity contribution in [1.29, 1.82) is 0 Å². The quantitative estimate of drug-likeness (QED) is 0.734. The second kappa shape index (κ2) is 6.55. The van der Waals surface area contributed by atoms with Crippen molar-refractivity contribution in [3.05, 3.63) is 71.4 Å². The van der Waals surface area contributed by atoms with E-state index in [-0.39, 0.29) is 11.9 Å². The fourth-order valence-corrected chi connectivity index (χ4v) is 3.34. The van der Waals surface area contributed by atoms with Crippen LogP contribution in [0.2, 0.25) is 0 Å². The third kappa shape index (κ3) is 3.20. The molecule has 0 saturated carbocycles. The Labute approximate surface area is 146 Å². The molecule has 128 valence electrons. The summed E-state index contributed by atoms with van der Waals surface area (Å²) in [5.41, 5.74) is 2.60. The van der Waals surface area contributed by atoms with Crippen LogP contribution in [0.3, 0.4) is 0 Å². The second-order valence-corrected chi connectivity index (χ2v) is 6.44. The molecule has 6 nitrogen and oxygen atoms in total. The van der Waals surface area contributed by atoms with Crippen LogP contribution in [0, 0.1) is 6.92 Å². The first-order chi connectivity index (χ1) is 12.2. The standard InChI is InChI=1S/C19H20N4O2/c1-14-10-18(25-21-14)17-8-5-9-23(17)19(24)16-11-20-22(13-16)12-15-6-3-2-4-7-15/h2-4,6-7,10-11,13,17H,5,8-9,12H2,1H3/t17-/m1/s1. The van der Waals surface area contributed by atoms with Gasteiger partial charge in [-0.3, -0.25) is 9.48 Å². The molecular formula is C19H20N4O2. The van der Waals surface area contributed by atoms with Gasteiger partial charge in [-0.25, -0.2) is 0 Å². The molecule has 0 radical (unpaired) electrons. The number of carbonyl (C=O) groups is 1. The summed E-state index contributed by atoms with van der Waals surface area (Å²) < 4.78 is 7.18. The van der Waals surface area contributed by atoms with Crippen molar-refractivity contribution < 1.29 is 9.32 Å². The third-order valence-electron chi connectivity index (χ3n) is 4.56. The molecule has 3 aromatic rings. The fourth-order valence-electron chi connectivity index (χ4n) is 3.34. The molecule has 4 rings (SSSR count). The Bertz CT molecular complexity index is 868. The molecule has 0 unspecified atom stereocenters. The van der Waals surface area contributed by atoms with Gasteiger partial charge in [-0.2, -0.15) is 5.10 Å². The summed E-state index contributed by atoms with van der Waals surface area (Å²) in [7, 11) is 0. The monoisotopic (exact) mass is 336 g/mol. The Morgan fingerprint density at radius 2 is 2.16 bits per heavy atom. The highest BCUT2D eigenvalue weighted by Gasteiger charge is 2.33. The molecule has 1 aromatic carbocycles. The molecular weight excluding hydrogens is 316 g/mol. The second-order valence-electron chi connectivity index (χ2n) is 6.44. The average Bonchev–Trinajstić information content (AvgIpc) is 3.35. The zero-order valence-electron chi connectivity index (χ0n) is 14.1. The van der Waals surface area contributed by atoms with Gasteiger partial charge < -0.3 is 9.42 Å². The fraction of sp³-hybridized carbons (Fsp3) is 0.316. The first-order valence-electron chi connectivity index (χ1n) is 8.51. The SMILES string of the molecule is Cc1cc([C@H]2CCCN2C(=O)c2cnn(Cc3ccccc3)c2)on1. The van der Waals surface area contributed by atoms with Crippen LogP contribution in [0.25, 0.3) is 0 Å². The zero-order valence-corrected chi connectivity index (χ0v) is 14.1. The van der Waals surface area contributed by atoms with Gasteiger partial charge in [0.15, 0.2) is 5.76 Å². The molecule has 1 aliphatic rings. The van der Waals surface area contributed by atoms with Gasteiger partial charge in [0.05, 0.1) is 30.0 Å². The lowest BCUT2D eigenvalue weighted by molar-refractivity contribution is 0.0714. The molecule has 1 atom stereocenters. The number of benzene rings is 1. The van der Waals surface area contributed by atoms with Crippen molar-refractivity contribution in [3.63, 3.8) is 0 Å². The minimum atomic E-state index is -0.0360. The number of aromatic nitrogens is 3. The highest BCUT2D eigenvalue weighted by atomic mass is 16.5. The van der Waals surface area contributed by atoms with Crippen LogP contribution in [-0.4, -0.2) is 32.3 Å². The Morgan fingerprint density at radius 1 is 1.32 bits per heavy atom. The third-order valence-corrected chi connectivity index (χ3v) is 4.56. The summed E-state index contributed by atoms with van der Waals surface area (Å²) in [6.07, 6.45) is 5.33. The maximum atomic E-state index is 12.9. The molecule has 1 amide bonds. The van der Waals surface area contributed by atoms with Crippen LogP contribution in [0.15, 0.2) is 53.3 Å². The molecule has 3 heterocycles. The maximum absolute atomic E-state index is 12.9. The molecule has 0 spiro atoms. The first kappa shape index (κ1) is 15.6. The largest absolute Gasteiger partial charge is 0.359 e. The van der Waals surface area contributed by atoms with Gasteiger partial charge >= 0.3 is 0 Å². The van der Waals surface area contributed by atoms with E-state index in [1.165, 1.54) is 0 Å². The smallest absolute Gasteiger partial charge is 0.257 e. The van der Waals surface area contributed by atoms with E-state index in [0.717, 1.165) is 36.4 Å². The normalized spacial score (nSPS) is 17.2. The number of nitrogens with zero attached hydrogens (tertiary/aromatic N) is 4. The minimum absolute atomic E-state index is 0.00383. The Kier molecular flexibility index (Phi) is 4.09. The molecule has 0 bridgehead atoms. The van der Waals surface area contributed by atoms with Crippen LogP contribution >= 0.6 is 0 Å². The highest BCUT2D eigenvalue weighted by Crippen LogP contribution is 2.33. The average molecular weight is 336 g/mol. The Hall–Kier alpha value is -2.89. The van der Waals surface area contributed by atoms with Gasteiger partial charge in [-0.1, -0.05) is 35.5 Å². The Morgan fingerprint density at radius 3 is 2.92 bits per heavy atom. The summed E-state index contributed by atoms with van der Waals surface area (Å²) in [4.78, 5) is 14.8. The van der Waals surface area contributed by atoms with Crippen molar-refractivity contribution in [2.75, 3.05) is 6.54 Å². The molecule has 0 aliphatic carbocycles. The van der Waals surface area contributed by atoms with Crippen molar-refractivity contribution in [2.45, 2.75) is 32.4 Å². The first-order valence-corrected chi connectivity index (χ1v) is 8.51. The van der Waals surface area contributed by atoms with Crippen LogP contribution in [0.5, 0.6) is 0 Å². The van der Waals surface area contributed by atoms with E-state index in [4.69, 9.17) is 4.52 Å². The number of aryl methyl sites for hydroxylation is 1. The lowest BCUT2D eigenvalue weighted by Crippen LogP contribution is -2.30. The zero-order chi connectivity index (χ0) is 17.2. The van der Waals surface area contributed by atoms with Gasteiger partial charge in [0, 0.05) is 18.8 Å². The summed E-state index contributed by atoms with van der Waals surface area (Å²) in [6, 6.07) is 12.0. The van der Waals surface area contributed by atoms with Crippen LogP contribution in [0.4, 0.5) is 0 Å². The number of amides is 1. The number of likely N-dealkylation sites (tertiary alicyclic amines) is 1. The number of rotatable bonds is 4. The predicted octanol–water partition coefficient (Wildman–Crippen LogP) is 3.21. The summed E-state index contributed by atoms with van der Waals surface area (Å²) in [5.74, 6) is 0.760. The van der Waals surface area contributed by atoms with E-state index in [9.17, 15) is 4.79 Å². The van der Waals surface area contributed by atoms with Crippen molar-refractivity contribution >= 4 is 5.91 Å². The molecule has 25 heavy (non-hydrogen) atoms. The lowest BCUT2D eigenvalue weighted by atomic mass is 10.1. The topological polar surface area (TPSA) is 64.2 Å². The molecule has 1 saturated heterocycles. The molecule has 0 N–H and O–H groups in total. The van der Waals surface area contributed by atoms with Crippen LogP contribution < -0.4 is 0 Å². The summed E-state index contributed by atoms with van der Waals surface area (Å²) in [5, 5.41) is 8.29. The highest BCUT2D eigenvalue weighted by molar-refractivity contribution is 5.94. The van der Waals surface area contributed by atoms with Gasteiger partial charge in [0.25, 0.3) is 5.91 Å². The van der Waals surface area contributed by atoms with E-state index < -0.39 is 0 Å². The van der Waals surface area contributed by atoms with Gasteiger partial charge in [-0.05, 0) is 25.3 Å². The lowest BCUT2D eigenvalue weighted by Gasteiger charge is -2.21. The number of hydrogen-bond donors (Lipinski definition) is 0. The van der Waals surface area contributed by atoms with Gasteiger partial charge in [-0.15, -0.1) is 0 Å². The molecule has 1 fully saturated rings. The van der Waals surface area contributed by atoms with Crippen molar-refractivity contribution in [2.24, 2.45) is 0 Å². The van der Waals surface area contributed by atoms with E-state index >= 15 is 0 Å². The minimum Gasteiger partial charge on any atom is -0.359 e. The summed E-state index contributed by atoms with van der Waals surface area (Å²) >= 11 is 0. The molecule has 2 aromatic heterocycles. The maximum Gasteiger partial charge on any atom is 0.257 e. The van der Waals surface area contributed by atoms with Crippen LogP contribution in [0.1, 0.15) is 46.3 Å². The molecule has 6 heteroatoms. The number of carbonyl (C=O) groups excluding carboxylic acids is 1. The van der Waals surface area contributed by atoms with E-state index in [1.54, 1.807) is 10.9 Å². The van der Waals surface area contributed by atoms with Crippen LogP contribution in [-0.2, 0) is 6.54 Å². The predicted molar refractivity (Wildman–Crippen MR) is 92.0 cm³/mol. The van der Waals surface area contributed by atoms with Crippen molar-refractivity contribution in [3.8, 4) is 0 Å². The Balaban J connectivity index is 1.51. The number of hydrogen-bond acceptors (Lipinski definition) is 4. The van der Waals surface area contributed by atoms with E-state index in [1.807, 2.05) is 54.4 Å². The van der Waals surface area contributed by atoms with E-state index in [2.05, 4.69) is 10.3 Å². The van der Waals surface area contributed by atoms with Crippen molar-refractivity contribution in [1.82, 2.24) is 19.8 Å².